The highest BCUT2D eigenvalue weighted by Crippen LogP contribution is 2.41. The number of carbonyl (C=O) groups is 2. The van der Waals surface area contributed by atoms with Gasteiger partial charge in [0.2, 0.25) is 29.4 Å². The van der Waals surface area contributed by atoms with E-state index in [2.05, 4.69) is 67.7 Å². The van der Waals surface area contributed by atoms with Crippen LogP contribution in [-0.4, -0.2) is 123 Å². The SMILES string of the molecule is C1CCOC1.CS(=O)c1cc2ncnc(Oc3ccc(N)cc3F)c2s1.CS(=O)c1cc2ncnc(Oc3ccc(NC(=S)NC(=O)Cc4ccccc4)cc3F)c2s1.CS(=O)c1cc2ncnc(Oc3ccc([N+](=O)[O-])cc3F)c2s1.CSc1cc2ncnc(Oc3ccc([N+](=O)[O-])cc3F)c2s1.O=C(Cc1ccccc1)N=C=S. The first-order chi connectivity index (χ1) is 55.8. The Labute approximate surface area is 693 Å². The highest BCUT2D eigenvalue weighted by molar-refractivity contribution is 8.00. The van der Waals surface area contributed by atoms with Crippen LogP contribution < -0.4 is 35.3 Å². The van der Waals surface area contributed by atoms with Crippen LogP contribution in [0, 0.1) is 43.5 Å². The molecule has 3 unspecified atom stereocenters. The number of carbonyl (C=O) groups excluding carboxylic acids is 2. The number of nitro benzene ring substituents is 2. The number of non-ortho nitro benzene ring substituents is 2. The van der Waals surface area contributed by atoms with E-state index in [9.17, 15) is 60.0 Å². The third-order valence-electron chi connectivity index (χ3n) is 15.0. The Morgan fingerprint density at radius 1 is 0.543 bits per heavy atom. The van der Waals surface area contributed by atoms with Crippen molar-refractivity contribution < 1.29 is 73.3 Å². The summed E-state index contributed by atoms with van der Waals surface area (Å²) in [6, 6.07) is 40.2. The average molecular weight is 1760 g/mol. The van der Waals surface area contributed by atoms with Crippen LogP contribution in [0.5, 0.6) is 46.5 Å². The van der Waals surface area contributed by atoms with Crippen molar-refractivity contribution in [2.45, 2.75) is 42.5 Å². The summed E-state index contributed by atoms with van der Waals surface area (Å²) in [4.78, 5) is 78.7. The Morgan fingerprint density at radius 3 is 1.28 bits per heavy atom. The Morgan fingerprint density at radius 2 is 0.922 bits per heavy atom. The molecule has 14 aromatic rings. The fourth-order valence-corrected chi connectivity index (χ4v) is 16.8. The van der Waals surface area contributed by atoms with E-state index in [4.69, 9.17) is 41.6 Å². The minimum absolute atomic E-state index is 0.0248. The molecule has 42 heteroatoms. The average Bonchev–Trinajstić information content (AvgIpc) is 1.66. The molecule has 0 bridgehead atoms. The molecule has 6 aromatic carbocycles. The molecule has 1 aliphatic heterocycles. The third kappa shape index (κ3) is 24.8. The van der Waals surface area contributed by atoms with Gasteiger partial charge in [-0.1, -0.05) is 60.7 Å². The van der Waals surface area contributed by atoms with Crippen LogP contribution >= 0.6 is 81.5 Å². The number of thiocarbonyl (C=S) groups is 2. The number of nitrogen functional groups attached to an aromatic ring is 1. The topological polar surface area (TPSA) is 383 Å². The summed E-state index contributed by atoms with van der Waals surface area (Å²) < 4.78 is 123. The number of nitro groups is 2. The van der Waals surface area contributed by atoms with Gasteiger partial charge in [0.05, 0.1) is 111 Å². The standard InChI is InChI=1S/C22H17FN4O3S3.C13H8FN3O4S2.C13H8FN3O3S2.C13H10FN3O2S2.C9H7NOS.C4H8O/c1-33(29)19-11-16-20(32-19)21(25-12-24-16)30-17-8-7-14(10-15(17)23)26-22(31)27-18(28)9-13-5-3-2-4-6-13;1-23(20)11-5-9-12(22-11)13(16-6-15-9)21-10-3-2-7(17(18)19)4-8(10)14;1-21-11-5-9-12(22-11)13(16-6-15-9)20-10-3-2-7(17(18)19)4-8(10)14;1-21(18)11-5-9-12(20-11)13(17-6-16-9)19-10-3-2-7(15)4-8(10)14;11-9(10-7-12)6-8-4-2-1-3-5-8;1-2-4-5-3-1/h2-8,10-12H,9H2,1H3,(H2,26,27,28,31);2-6H,1H3;2-6H,1H3;2-6H,15H2,1H3;1-5H,6H2;1-4H2. The van der Waals surface area contributed by atoms with E-state index in [0.29, 0.717) is 71.3 Å². The highest BCUT2D eigenvalue weighted by atomic mass is 32.2. The lowest BCUT2D eigenvalue weighted by Crippen LogP contribution is -2.35. The molecular weight excluding hydrogens is 1710 g/mol. The summed E-state index contributed by atoms with van der Waals surface area (Å²) in [6.45, 7) is 2.00. The molecule has 0 aliphatic carbocycles. The van der Waals surface area contributed by atoms with Crippen LogP contribution in [0.25, 0.3) is 40.9 Å². The van der Waals surface area contributed by atoms with Crippen LogP contribution in [0.2, 0.25) is 0 Å². The van der Waals surface area contributed by atoms with Crippen LogP contribution in [0.15, 0.2) is 205 Å². The Hall–Kier alpha value is -11.4. The molecule has 0 spiro atoms. The molecule has 0 radical (unpaired) electrons. The lowest BCUT2D eigenvalue weighted by Gasteiger charge is -2.11. The van der Waals surface area contributed by atoms with Gasteiger partial charge in [-0.2, -0.15) is 4.99 Å². The first kappa shape index (κ1) is 87.0. The predicted molar refractivity (Wildman–Crippen MR) is 447 cm³/mol. The normalized spacial score (nSPS) is 12.0. The van der Waals surface area contributed by atoms with E-state index in [0.717, 1.165) is 52.8 Å². The molecular formula is C74H58F4N14O14S10. The first-order valence-electron chi connectivity index (χ1n) is 33.1. The number of thiophene rings is 4. The monoisotopic (exact) mass is 1760 g/mol. The summed E-state index contributed by atoms with van der Waals surface area (Å²) in [5, 5.41) is 28.7. The maximum Gasteiger partial charge on any atom is 0.272 e. The molecule has 4 N–H and O–H groups in total. The van der Waals surface area contributed by atoms with E-state index in [1.54, 1.807) is 48.5 Å². The smallest absolute Gasteiger partial charge is 0.272 e. The summed E-state index contributed by atoms with van der Waals surface area (Å²) >= 11 is 16.1. The number of thioether (sulfide) groups is 1. The molecule has 8 aromatic heterocycles. The second-order valence-electron chi connectivity index (χ2n) is 23.1. The van der Waals surface area contributed by atoms with Gasteiger partial charge < -0.3 is 40.1 Å². The van der Waals surface area contributed by atoms with Crippen molar-refractivity contribution >= 4 is 200 Å². The molecule has 116 heavy (non-hydrogen) atoms. The number of ether oxygens (including phenoxy) is 5. The number of rotatable bonds is 19. The van der Waals surface area contributed by atoms with Crippen LogP contribution in [0.4, 0.5) is 40.3 Å². The first-order valence-corrected chi connectivity index (χ1v) is 43.1. The predicted octanol–water partition coefficient (Wildman–Crippen LogP) is 17.5. The van der Waals surface area contributed by atoms with Gasteiger partial charge in [-0.15, -0.1) is 57.1 Å². The lowest BCUT2D eigenvalue weighted by atomic mass is 10.1. The second-order valence-corrected chi connectivity index (χ2v) is 33.9. The Balaban J connectivity index is 0.000000155. The molecule has 9 heterocycles. The van der Waals surface area contributed by atoms with Gasteiger partial charge in [-0.25, -0.2) is 57.4 Å². The number of nitrogens with two attached hydrogens (primary N) is 1. The second kappa shape index (κ2) is 42.3. The number of nitrogens with zero attached hydrogens (tertiary/aromatic N) is 11. The minimum atomic E-state index is -1.18. The molecule has 1 aliphatic rings. The molecule has 1 saturated heterocycles. The van der Waals surface area contributed by atoms with Gasteiger partial charge in [0.1, 0.15) is 44.1 Å². The van der Waals surface area contributed by atoms with E-state index in [1.807, 2.05) is 78.1 Å². The van der Waals surface area contributed by atoms with E-state index in [-0.39, 0.29) is 81.2 Å². The number of halogens is 4. The lowest BCUT2D eigenvalue weighted by molar-refractivity contribution is -0.385. The maximum atomic E-state index is 14.7. The van der Waals surface area contributed by atoms with Gasteiger partial charge in [0.25, 0.3) is 17.3 Å². The van der Waals surface area contributed by atoms with Crippen molar-refractivity contribution in [2.24, 2.45) is 4.99 Å². The van der Waals surface area contributed by atoms with Crippen molar-refractivity contribution in [3.63, 3.8) is 0 Å². The summed E-state index contributed by atoms with van der Waals surface area (Å²) in [5.41, 5.74) is 9.68. The maximum absolute atomic E-state index is 14.7. The summed E-state index contributed by atoms with van der Waals surface area (Å²) in [7, 11) is -3.48. The largest absolute Gasteiger partial charge is 0.434 e. The van der Waals surface area contributed by atoms with Gasteiger partial charge in [0.15, 0.2) is 51.4 Å². The fourth-order valence-electron chi connectivity index (χ4n) is 9.60. The molecule has 1 fully saturated rings. The van der Waals surface area contributed by atoms with Crippen molar-refractivity contribution in [1.29, 1.82) is 0 Å². The van der Waals surface area contributed by atoms with Crippen LogP contribution in [-0.2, 0) is 59.6 Å². The van der Waals surface area contributed by atoms with Crippen molar-refractivity contribution in [1.82, 2.24) is 45.2 Å². The molecule has 596 valence electrons. The molecule has 15 rings (SSSR count). The van der Waals surface area contributed by atoms with Crippen LogP contribution in [0.1, 0.15) is 24.0 Å². The molecule has 2 amide bonds. The van der Waals surface area contributed by atoms with Gasteiger partial charge in [0, 0.05) is 67.6 Å². The van der Waals surface area contributed by atoms with Crippen molar-refractivity contribution in [3.05, 3.63) is 238 Å². The number of fused-ring (bicyclic) bond motifs is 4. The van der Waals surface area contributed by atoms with Crippen molar-refractivity contribution in [2.75, 3.05) is 49.3 Å². The number of hydrogen-bond acceptors (Lipinski definition) is 30. The molecule has 28 nitrogen and oxygen atoms in total. The number of isothiocyanates is 1. The van der Waals surface area contributed by atoms with Crippen LogP contribution in [0.3, 0.4) is 0 Å². The Kier molecular flexibility index (Phi) is 31.7. The number of aromatic nitrogens is 8. The third-order valence-corrected chi connectivity index (χ3v) is 25.1. The minimum Gasteiger partial charge on any atom is -0.434 e. The van der Waals surface area contributed by atoms with E-state index < -0.39 is 65.5 Å². The van der Waals surface area contributed by atoms with Gasteiger partial charge in [-0.3, -0.25) is 42.4 Å². The number of aliphatic imine (C=N–C) groups is 1. The number of amides is 2. The summed E-state index contributed by atoms with van der Waals surface area (Å²) in [5.74, 6) is -3.06. The molecule has 0 saturated carbocycles. The number of hydrogen-bond donors (Lipinski definition) is 3. The fraction of sp³-hybridized carbons (Fsp3) is 0.135. The van der Waals surface area contributed by atoms with E-state index in [1.165, 1.54) is 132 Å². The van der Waals surface area contributed by atoms with Crippen molar-refractivity contribution in [3.8, 4) is 46.5 Å². The zero-order valence-corrected chi connectivity index (χ0v) is 68.5. The quantitative estimate of drug-likeness (QED) is 0.0129. The zero-order valence-electron chi connectivity index (χ0n) is 60.4. The highest BCUT2D eigenvalue weighted by Gasteiger charge is 2.22. The van der Waals surface area contributed by atoms with Gasteiger partial charge >= 0.3 is 0 Å². The Bertz CT molecular complexity index is 6040. The van der Waals surface area contributed by atoms with E-state index >= 15 is 0 Å². The molecule has 3 atom stereocenters. The number of nitrogens with one attached hydrogen (secondary N) is 2. The number of benzene rings is 6. The zero-order chi connectivity index (χ0) is 83.0. The van der Waals surface area contributed by atoms with Gasteiger partial charge in [-0.05, 0) is 115 Å². The summed E-state index contributed by atoms with van der Waals surface area (Å²) in [6.07, 6.45) is 14.9. The number of anilines is 2.